The summed E-state index contributed by atoms with van der Waals surface area (Å²) < 4.78 is 13.6. The molecule has 0 aliphatic rings. The van der Waals surface area contributed by atoms with Gasteiger partial charge in [-0.25, -0.2) is 4.98 Å². The van der Waals surface area contributed by atoms with E-state index in [9.17, 15) is 4.79 Å². The minimum atomic E-state index is -0.313. The summed E-state index contributed by atoms with van der Waals surface area (Å²) in [5.74, 6) is 1.33. The van der Waals surface area contributed by atoms with Crippen LogP contribution in [-0.4, -0.2) is 30.0 Å². The molecule has 0 fully saturated rings. The molecule has 0 radical (unpaired) electrons. The van der Waals surface area contributed by atoms with Crippen LogP contribution in [0.15, 0.2) is 105 Å². The second-order valence-electron chi connectivity index (χ2n) is 10.00. The Labute approximate surface area is 241 Å². The van der Waals surface area contributed by atoms with Crippen LogP contribution < -0.4 is 15.2 Å². The lowest BCUT2D eigenvalue weighted by atomic mass is 10.1. The predicted octanol–water partition coefficient (Wildman–Crippen LogP) is 7.30. The van der Waals surface area contributed by atoms with Gasteiger partial charge in [0.1, 0.15) is 17.9 Å². The van der Waals surface area contributed by atoms with Gasteiger partial charge in [-0.05, 0) is 61.0 Å². The SMILES string of the molecule is Cc1ccc(COc2cc(N(C)C)ccc2C=Nn2c(-c3cc4cc(Cl)ccc4o3)nc3ccccc3c2=O)cc1. The van der Waals surface area contributed by atoms with Crippen LogP contribution in [0.5, 0.6) is 5.75 Å². The van der Waals surface area contributed by atoms with Gasteiger partial charge in [-0.15, -0.1) is 0 Å². The Hall–Kier alpha value is -4.88. The zero-order valence-electron chi connectivity index (χ0n) is 22.8. The number of hydrogen-bond donors (Lipinski definition) is 0. The zero-order chi connectivity index (χ0) is 28.5. The third kappa shape index (κ3) is 5.44. The van der Waals surface area contributed by atoms with Gasteiger partial charge in [0, 0.05) is 41.8 Å². The number of hydrogen-bond acceptors (Lipinski definition) is 6. The maximum Gasteiger partial charge on any atom is 0.282 e. The molecule has 0 N–H and O–H groups in total. The minimum absolute atomic E-state index is 0.282. The van der Waals surface area contributed by atoms with Gasteiger partial charge in [-0.1, -0.05) is 53.6 Å². The normalized spacial score (nSPS) is 11.5. The number of aryl methyl sites for hydroxylation is 1. The van der Waals surface area contributed by atoms with E-state index in [1.165, 1.54) is 10.2 Å². The van der Waals surface area contributed by atoms with Crippen molar-refractivity contribution in [1.29, 1.82) is 0 Å². The van der Waals surface area contributed by atoms with Crippen LogP contribution in [0.4, 0.5) is 5.69 Å². The van der Waals surface area contributed by atoms with Crippen molar-refractivity contribution in [2.75, 3.05) is 19.0 Å². The van der Waals surface area contributed by atoms with Crippen LogP contribution in [0.1, 0.15) is 16.7 Å². The van der Waals surface area contributed by atoms with E-state index in [1.807, 2.05) is 61.5 Å². The molecule has 0 spiro atoms. The zero-order valence-corrected chi connectivity index (χ0v) is 23.6. The lowest BCUT2D eigenvalue weighted by Crippen LogP contribution is -2.20. The topological polar surface area (TPSA) is 72.9 Å². The Kier molecular flexibility index (Phi) is 7.03. The fourth-order valence-corrected chi connectivity index (χ4v) is 4.69. The smallest absolute Gasteiger partial charge is 0.282 e. The van der Waals surface area contributed by atoms with Crippen molar-refractivity contribution in [2.45, 2.75) is 13.5 Å². The highest BCUT2D eigenvalue weighted by Crippen LogP contribution is 2.30. The van der Waals surface area contributed by atoms with Gasteiger partial charge >= 0.3 is 0 Å². The van der Waals surface area contributed by atoms with Crippen molar-refractivity contribution in [3.63, 3.8) is 0 Å². The van der Waals surface area contributed by atoms with Crippen LogP contribution in [0.3, 0.4) is 0 Å². The summed E-state index contributed by atoms with van der Waals surface area (Å²) in [7, 11) is 3.94. The highest BCUT2D eigenvalue weighted by molar-refractivity contribution is 6.31. The molecule has 0 atom stereocenters. The first-order valence-electron chi connectivity index (χ1n) is 13.1. The van der Waals surface area contributed by atoms with Gasteiger partial charge in [0.2, 0.25) is 5.82 Å². The van der Waals surface area contributed by atoms with E-state index in [0.717, 1.165) is 16.6 Å². The molecule has 0 amide bonds. The van der Waals surface area contributed by atoms with Crippen molar-refractivity contribution >= 4 is 45.4 Å². The van der Waals surface area contributed by atoms with Crippen molar-refractivity contribution in [2.24, 2.45) is 5.10 Å². The number of furan rings is 1. The van der Waals surface area contributed by atoms with E-state index in [0.29, 0.717) is 45.2 Å². The molecule has 4 aromatic carbocycles. The summed E-state index contributed by atoms with van der Waals surface area (Å²) in [6.07, 6.45) is 1.62. The second kappa shape index (κ2) is 10.9. The molecule has 204 valence electrons. The number of para-hydroxylation sites is 1. The average Bonchev–Trinajstić information content (AvgIpc) is 3.39. The molecule has 6 rings (SSSR count). The summed E-state index contributed by atoms with van der Waals surface area (Å²) in [5, 5.41) is 6.47. The second-order valence-corrected chi connectivity index (χ2v) is 10.4. The minimum Gasteiger partial charge on any atom is -0.488 e. The highest BCUT2D eigenvalue weighted by atomic mass is 35.5. The van der Waals surface area contributed by atoms with Gasteiger partial charge in [-0.3, -0.25) is 4.79 Å². The van der Waals surface area contributed by atoms with E-state index in [-0.39, 0.29) is 11.4 Å². The molecule has 2 aromatic heterocycles. The largest absolute Gasteiger partial charge is 0.488 e. The van der Waals surface area contributed by atoms with Crippen LogP contribution in [0.25, 0.3) is 33.5 Å². The summed E-state index contributed by atoms with van der Waals surface area (Å²) in [5.41, 5.74) is 4.80. The van der Waals surface area contributed by atoms with Crippen molar-refractivity contribution < 1.29 is 9.15 Å². The molecule has 7 nitrogen and oxygen atoms in total. The first kappa shape index (κ1) is 26.3. The van der Waals surface area contributed by atoms with E-state index < -0.39 is 0 Å². The highest BCUT2D eigenvalue weighted by Gasteiger charge is 2.17. The standard InChI is InChI=1S/C33H27ClN4O3/c1-21-8-10-22(11-9-21)20-40-30-18-26(37(2)3)14-12-23(30)19-35-38-32(36-28-7-5-4-6-27(28)33(38)39)31-17-24-16-25(34)13-15-29(24)41-31/h4-19H,20H2,1-3H3. The maximum absolute atomic E-state index is 13.7. The van der Waals surface area contributed by atoms with E-state index in [2.05, 4.69) is 24.2 Å². The number of nitrogens with zero attached hydrogens (tertiary/aromatic N) is 4. The fourth-order valence-electron chi connectivity index (χ4n) is 4.51. The molecule has 0 bridgehead atoms. The number of fused-ring (bicyclic) bond motifs is 2. The monoisotopic (exact) mass is 562 g/mol. The molecule has 0 aliphatic heterocycles. The molecule has 41 heavy (non-hydrogen) atoms. The molecule has 6 aromatic rings. The lowest BCUT2D eigenvalue weighted by Gasteiger charge is -2.16. The van der Waals surface area contributed by atoms with Gasteiger partial charge in [-0.2, -0.15) is 9.78 Å². The third-order valence-electron chi connectivity index (χ3n) is 6.79. The number of aromatic nitrogens is 2. The van der Waals surface area contributed by atoms with E-state index in [4.69, 9.17) is 25.7 Å². The molecule has 0 aliphatic carbocycles. The first-order valence-corrected chi connectivity index (χ1v) is 13.5. The molecule has 0 saturated carbocycles. The Morgan fingerprint density at radius 2 is 1.80 bits per heavy atom. The fraction of sp³-hybridized carbons (Fsp3) is 0.121. The summed E-state index contributed by atoms with van der Waals surface area (Å²) in [4.78, 5) is 20.5. The molecule has 2 heterocycles. The van der Waals surface area contributed by atoms with E-state index >= 15 is 0 Å². The number of rotatable bonds is 7. The molecular weight excluding hydrogens is 536 g/mol. The number of benzene rings is 4. The summed E-state index contributed by atoms with van der Waals surface area (Å²) in [6, 6.07) is 28.4. The van der Waals surface area contributed by atoms with Crippen molar-refractivity contribution in [3.05, 3.63) is 123 Å². The molecular formula is C33H27ClN4O3. The quantitative estimate of drug-likeness (QED) is 0.191. The average molecular weight is 563 g/mol. The van der Waals surface area contributed by atoms with Crippen LogP contribution >= 0.6 is 11.6 Å². The number of anilines is 1. The lowest BCUT2D eigenvalue weighted by molar-refractivity contribution is 0.306. The van der Waals surface area contributed by atoms with Crippen molar-refractivity contribution in [1.82, 2.24) is 9.66 Å². The van der Waals surface area contributed by atoms with Gasteiger partial charge in [0.15, 0.2) is 5.76 Å². The molecule has 0 saturated heterocycles. The molecule has 8 heteroatoms. The van der Waals surface area contributed by atoms with Gasteiger partial charge in [0.25, 0.3) is 5.56 Å². The number of halogens is 1. The predicted molar refractivity (Wildman–Crippen MR) is 165 cm³/mol. The van der Waals surface area contributed by atoms with Crippen LogP contribution in [0.2, 0.25) is 5.02 Å². The summed E-state index contributed by atoms with van der Waals surface area (Å²) in [6.45, 7) is 2.44. The molecule has 0 unspecified atom stereocenters. The van der Waals surface area contributed by atoms with Gasteiger partial charge < -0.3 is 14.1 Å². The van der Waals surface area contributed by atoms with Crippen molar-refractivity contribution in [3.8, 4) is 17.3 Å². The Balaban J connectivity index is 1.44. The van der Waals surface area contributed by atoms with Crippen LogP contribution in [-0.2, 0) is 6.61 Å². The van der Waals surface area contributed by atoms with Gasteiger partial charge in [0.05, 0.1) is 17.1 Å². The van der Waals surface area contributed by atoms with Crippen LogP contribution in [0, 0.1) is 6.92 Å². The Morgan fingerprint density at radius 3 is 2.61 bits per heavy atom. The Morgan fingerprint density at radius 1 is 1.00 bits per heavy atom. The third-order valence-corrected chi connectivity index (χ3v) is 7.03. The first-order chi connectivity index (χ1) is 19.9. The van der Waals surface area contributed by atoms with E-state index in [1.54, 1.807) is 42.6 Å². The number of ether oxygens (including phenoxy) is 1. The Bertz CT molecular complexity index is 1970. The maximum atomic E-state index is 13.7. The summed E-state index contributed by atoms with van der Waals surface area (Å²) >= 11 is 6.19.